The Morgan fingerprint density at radius 3 is 2.67 bits per heavy atom. The molecule has 1 atom stereocenters. The molecule has 1 amide bonds. The Morgan fingerprint density at radius 1 is 1.19 bits per heavy atom. The van der Waals surface area contributed by atoms with Gasteiger partial charge in [-0.25, -0.2) is 4.98 Å². The van der Waals surface area contributed by atoms with Crippen LogP contribution in [-0.4, -0.2) is 21.2 Å². The van der Waals surface area contributed by atoms with E-state index in [2.05, 4.69) is 36.3 Å². The normalized spacial score (nSPS) is 12.1. The van der Waals surface area contributed by atoms with Gasteiger partial charge < -0.3 is 5.32 Å². The van der Waals surface area contributed by atoms with Gasteiger partial charge in [-0.2, -0.15) is 0 Å². The van der Waals surface area contributed by atoms with E-state index in [1.165, 1.54) is 27.5 Å². The Balaban J connectivity index is 1.68. The molecular formula is C21H23N3O2S. The number of aromatic nitrogens is 2. The second kappa shape index (κ2) is 7.96. The van der Waals surface area contributed by atoms with Gasteiger partial charge in [0.25, 0.3) is 5.56 Å². The van der Waals surface area contributed by atoms with Gasteiger partial charge in [-0.05, 0) is 49.6 Å². The first-order valence-electron chi connectivity index (χ1n) is 8.82. The molecule has 0 saturated heterocycles. The molecule has 1 unspecified atom stereocenters. The molecule has 0 aliphatic heterocycles. The summed E-state index contributed by atoms with van der Waals surface area (Å²) < 4.78 is 1.49. The summed E-state index contributed by atoms with van der Waals surface area (Å²) in [5.74, 6) is 0.112. The van der Waals surface area contributed by atoms with Crippen molar-refractivity contribution in [3.63, 3.8) is 0 Å². The number of carbonyl (C=O) groups excluding carboxylic acids is 1. The van der Waals surface area contributed by atoms with Gasteiger partial charge in [-0.1, -0.05) is 42.1 Å². The molecule has 0 fully saturated rings. The minimum Gasteiger partial charge on any atom is -0.349 e. The molecule has 0 saturated carbocycles. The zero-order chi connectivity index (χ0) is 19.6. The fraction of sp³-hybridized carbons (Fsp3) is 0.286. The van der Waals surface area contributed by atoms with Crippen LogP contribution in [0.3, 0.4) is 0 Å². The van der Waals surface area contributed by atoms with E-state index in [4.69, 9.17) is 0 Å². The first-order chi connectivity index (χ1) is 12.9. The van der Waals surface area contributed by atoms with Gasteiger partial charge in [-0.15, -0.1) is 0 Å². The van der Waals surface area contributed by atoms with Crippen molar-refractivity contribution in [3.8, 4) is 0 Å². The van der Waals surface area contributed by atoms with Gasteiger partial charge in [0.2, 0.25) is 5.91 Å². The van der Waals surface area contributed by atoms with E-state index in [0.29, 0.717) is 16.1 Å². The smallest absolute Gasteiger partial charge is 0.261 e. The lowest BCUT2D eigenvalue weighted by Gasteiger charge is -2.16. The van der Waals surface area contributed by atoms with E-state index < -0.39 is 0 Å². The van der Waals surface area contributed by atoms with Crippen LogP contribution in [0.15, 0.2) is 52.4 Å². The number of thioether (sulfide) groups is 1. The van der Waals surface area contributed by atoms with E-state index in [1.54, 1.807) is 13.1 Å². The van der Waals surface area contributed by atoms with Gasteiger partial charge in [0.1, 0.15) is 0 Å². The van der Waals surface area contributed by atoms with Gasteiger partial charge >= 0.3 is 0 Å². The number of amides is 1. The minimum atomic E-state index is -0.105. The standard InChI is InChI=1S/C21H23N3O2S/c1-13-9-10-16(11-14(13)2)15(3)22-19(25)12-27-21-23-18-8-6-5-7-17(18)20(26)24(21)4/h5-11,15H,12H2,1-4H3,(H,22,25). The molecule has 3 rings (SSSR count). The van der Waals surface area contributed by atoms with Crippen molar-refractivity contribution in [2.75, 3.05) is 5.75 Å². The Labute approximate surface area is 162 Å². The number of hydrogen-bond acceptors (Lipinski definition) is 4. The number of hydrogen-bond donors (Lipinski definition) is 1. The van der Waals surface area contributed by atoms with Gasteiger partial charge in [-0.3, -0.25) is 14.2 Å². The van der Waals surface area contributed by atoms with Crippen LogP contribution >= 0.6 is 11.8 Å². The summed E-state index contributed by atoms with van der Waals surface area (Å²) in [6.07, 6.45) is 0. The van der Waals surface area contributed by atoms with Crippen molar-refractivity contribution in [1.29, 1.82) is 0 Å². The monoisotopic (exact) mass is 381 g/mol. The molecule has 5 nitrogen and oxygen atoms in total. The van der Waals surface area contributed by atoms with Crippen molar-refractivity contribution in [1.82, 2.24) is 14.9 Å². The van der Waals surface area contributed by atoms with Crippen molar-refractivity contribution >= 4 is 28.6 Å². The lowest BCUT2D eigenvalue weighted by Crippen LogP contribution is -2.29. The van der Waals surface area contributed by atoms with Crippen LogP contribution in [0.1, 0.15) is 29.7 Å². The van der Waals surface area contributed by atoms with Crippen LogP contribution < -0.4 is 10.9 Å². The SMILES string of the molecule is Cc1ccc(C(C)NC(=O)CSc2nc3ccccc3c(=O)n2C)cc1C. The lowest BCUT2D eigenvalue weighted by molar-refractivity contribution is -0.119. The summed E-state index contributed by atoms with van der Waals surface area (Å²) in [6.45, 7) is 6.10. The number of fused-ring (bicyclic) bond motifs is 1. The third kappa shape index (κ3) is 4.22. The Kier molecular flexibility index (Phi) is 5.65. The number of aryl methyl sites for hydroxylation is 2. The van der Waals surface area contributed by atoms with Crippen molar-refractivity contribution in [2.45, 2.75) is 32.0 Å². The van der Waals surface area contributed by atoms with E-state index in [9.17, 15) is 9.59 Å². The van der Waals surface area contributed by atoms with Gasteiger partial charge in [0.05, 0.1) is 22.7 Å². The number of carbonyl (C=O) groups is 1. The molecule has 0 radical (unpaired) electrons. The third-order valence-corrected chi connectivity index (χ3v) is 5.71. The van der Waals surface area contributed by atoms with E-state index >= 15 is 0 Å². The fourth-order valence-corrected chi connectivity index (χ4v) is 3.64. The van der Waals surface area contributed by atoms with Crippen LogP contribution in [0.4, 0.5) is 0 Å². The Bertz CT molecular complexity index is 1060. The van der Waals surface area contributed by atoms with Crippen LogP contribution in [0, 0.1) is 13.8 Å². The summed E-state index contributed by atoms with van der Waals surface area (Å²) in [7, 11) is 1.68. The molecular weight excluding hydrogens is 358 g/mol. The highest BCUT2D eigenvalue weighted by Crippen LogP contribution is 2.19. The molecule has 0 aliphatic rings. The molecule has 0 aliphatic carbocycles. The van der Waals surface area contributed by atoms with Gasteiger partial charge in [0.15, 0.2) is 5.16 Å². The summed E-state index contributed by atoms with van der Waals surface area (Å²) in [5, 5.41) is 4.13. The van der Waals surface area contributed by atoms with Crippen LogP contribution in [-0.2, 0) is 11.8 Å². The summed E-state index contributed by atoms with van der Waals surface area (Å²) in [5.41, 5.74) is 4.06. The zero-order valence-corrected chi connectivity index (χ0v) is 16.8. The fourth-order valence-electron chi connectivity index (χ4n) is 2.86. The predicted octanol–water partition coefficient (Wildman–Crippen LogP) is 3.52. The van der Waals surface area contributed by atoms with Crippen LogP contribution in [0.25, 0.3) is 10.9 Å². The molecule has 0 spiro atoms. The highest BCUT2D eigenvalue weighted by molar-refractivity contribution is 7.99. The number of para-hydroxylation sites is 1. The topological polar surface area (TPSA) is 64.0 Å². The average Bonchev–Trinajstić information content (AvgIpc) is 2.65. The highest BCUT2D eigenvalue weighted by Gasteiger charge is 2.13. The number of nitrogens with one attached hydrogen (secondary N) is 1. The zero-order valence-electron chi connectivity index (χ0n) is 15.9. The number of benzene rings is 2. The first-order valence-corrected chi connectivity index (χ1v) is 9.80. The maximum Gasteiger partial charge on any atom is 0.261 e. The molecule has 27 heavy (non-hydrogen) atoms. The molecule has 1 heterocycles. The van der Waals surface area contributed by atoms with E-state index in [-0.39, 0.29) is 23.3 Å². The van der Waals surface area contributed by atoms with Crippen molar-refractivity contribution in [2.24, 2.45) is 7.05 Å². The molecule has 2 aromatic carbocycles. The maximum atomic E-state index is 12.4. The molecule has 1 aromatic heterocycles. The lowest BCUT2D eigenvalue weighted by atomic mass is 10.0. The molecule has 6 heteroatoms. The average molecular weight is 382 g/mol. The third-order valence-electron chi connectivity index (χ3n) is 4.68. The molecule has 0 bridgehead atoms. The van der Waals surface area contributed by atoms with Crippen molar-refractivity contribution < 1.29 is 4.79 Å². The summed E-state index contributed by atoms with van der Waals surface area (Å²) >= 11 is 1.27. The first kappa shape index (κ1) is 19.2. The second-order valence-electron chi connectivity index (χ2n) is 6.70. The van der Waals surface area contributed by atoms with Gasteiger partial charge in [0, 0.05) is 7.05 Å². The summed E-state index contributed by atoms with van der Waals surface area (Å²) in [6, 6.07) is 13.4. The highest BCUT2D eigenvalue weighted by atomic mass is 32.2. The largest absolute Gasteiger partial charge is 0.349 e. The van der Waals surface area contributed by atoms with E-state index in [0.717, 1.165) is 5.56 Å². The van der Waals surface area contributed by atoms with Crippen LogP contribution in [0.2, 0.25) is 0 Å². The second-order valence-corrected chi connectivity index (χ2v) is 7.64. The number of nitrogens with zero attached hydrogens (tertiary/aromatic N) is 2. The quantitative estimate of drug-likeness (QED) is 0.543. The van der Waals surface area contributed by atoms with Crippen molar-refractivity contribution in [3.05, 3.63) is 69.5 Å². The molecule has 1 N–H and O–H groups in total. The van der Waals surface area contributed by atoms with Crippen LogP contribution in [0.5, 0.6) is 0 Å². The number of rotatable bonds is 5. The Morgan fingerprint density at radius 2 is 1.93 bits per heavy atom. The summed E-state index contributed by atoms with van der Waals surface area (Å²) in [4.78, 5) is 29.3. The molecule has 140 valence electrons. The molecule has 3 aromatic rings. The Hall–Kier alpha value is -2.60. The maximum absolute atomic E-state index is 12.4. The predicted molar refractivity (Wildman–Crippen MR) is 110 cm³/mol. The van der Waals surface area contributed by atoms with E-state index in [1.807, 2.05) is 31.2 Å². The minimum absolute atomic E-state index is 0.0780.